The Kier molecular flexibility index (Phi) is 4.47. The minimum atomic E-state index is -0.881. The van der Waals surface area contributed by atoms with Crippen LogP contribution in [0.2, 0.25) is 5.02 Å². The quantitative estimate of drug-likeness (QED) is 0.833. The number of nitrogens with two attached hydrogens (primary N) is 1. The molecule has 1 atom stereocenters. The van der Waals surface area contributed by atoms with E-state index < -0.39 is 5.54 Å². The van der Waals surface area contributed by atoms with Crippen molar-refractivity contribution in [1.29, 1.82) is 0 Å². The summed E-state index contributed by atoms with van der Waals surface area (Å²) in [5, 5.41) is 0.692. The highest BCUT2D eigenvalue weighted by Crippen LogP contribution is 2.52. The van der Waals surface area contributed by atoms with E-state index in [9.17, 15) is 4.79 Å². The zero-order chi connectivity index (χ0) is 19.2. The van der Waals surface area contributed by atoms with Gasteiger partial charge in [-0.1, -0.05) is 55.8 Å². The number of halogens is 1. The van der Waals surface area contributed by atoms with Crippen LogP contribution in [0.15, 0.2) is 53.5 Å². The molecule has 1 amide bonds. The molecule has 2 aromatic rings. The monoisotopic (exact) mass is 381 g/mol. The van der Waals surface area contributed by atoms with Crippen LogP contribution in [0, 0.1) is 11.8 Å². The molecule has 4 nitrogen and oxygen atoms in total. The minimum Gasteiger partial charge on any atom is -0.369 e. The van der Waals surface area contributed by atoms with Crippen LogP contribution in [-0.2, 0) is 10.3 Å². The van der Waals surface area contributed by atoms with E-state index in [-0.39, 0.29) is 11.8 Å². The third-order valence-electron chi connectivity index (χ3n) is 5.32. The van der Waals surface area contributed by atoms with E-state index >= 15 is 0 Å². The summed E-state index contributed by atoms with van der Waals surface area (Å²) in [5.41, 5.74) is 8.29. The van der Waals surface area contributed by atoms with Crippen molar-refractivity contribution in [2.45, 2.75) is 32.2 Å². The smallest absolute Gasteiger partial charge is 0.262 e. The van der Waals surface area contributed by atoms with Gasteiger partial charge >= 0.3 is 0 Å². The van der Waals surface area contributed by atoms with E-state index in [0.717, 1.165) is 29.5 Å². The van der Waals surface area contributed by atoms with Crippen LogP contribution >= 0.6 is 11.6 Å². The first kappa shape index (κ1) is 18.1. The Bertz CT molecular complexity index is 919. The number of rotatable bonds is 5. The lowest BCUT2D eigenvalue weighted by Crippen LogP contribution is -2.45. The van der Waals surface area contributed by atoms with Gasteiger partial charge in [-0.2, -0.15) is 0 Å². The summed E-state index contributed by atoms with van der Waals surface area (Å²) >= 11 is 6.16. The Balaban J connectivity index is 1.78. The van der Waals surface area contributed by atoms with E-state index in [4.69, 9.17) is 22.3 Å². The second-order valence-corrected chi connectivity index (χ2v) is 8.35. The highest BCUT2D eigenvalue weighted by molar-refractivity contribution is 6.30. The maximum absolute atomic E-state index is 13.5. The molecule has 2 N–H and O–H groups in total. The van der Waals surface area contributed by atoms with Crippen molar-refractivity contribution in [3.63, 3.8) is 0 Å². The first-order chi connectivity index (χ1) is 12.9. The largest absolute Gasteiger partial charge is 0.369 e. The zero-order valence-electron chi connectivity index (χ0n) is 15.7. The lowest BCUT2D eigenvalue weighted by atomic mass is 9.83. The molecule has 1 heterocycles. The molecule has 140 valence electrons. The third-order valence-corrected chi connectivity index (χ3v) is 5.55. The second kappa shape index (κ2) is 6.68. The predicted octanol–water partition coefficient (Wildman–Crippen LogP) is 4.43. The molecule has 1 fully saturated rings. The first-order valence-electron chi connectivity index (χ1n) is 9.45. The fourth-order valence-electron chi connectivity index (χ4n) is 3.93. The van der Waals surface area contributed by atoms with Gasteiger partial charge in [0.15, 0.2) is 11.5 Å². The van der Waals surface area contributed by atoms with Gasteiger partial charge in [0, 0.05) is 11.6 Å². The number of amides is 1. The Hall–Kier alpha value is -2.33. The topological polar surface area (TPSA) is 58.7 Å². The number of hydrogen-bond acceptors (Lipinski definition) is 3. The molecule has 2 aromatic carbocycles. The highest BCUT2D eigenvalue weighted by Gasteiger charge is 2.58. The second-order valence-electron chi connectivity index (χ2n) is 7.91. The molecular formula is C22H24ClN3O. The van der Waals surface area contributed by atoms with Gasteiger partial charge in [-0.05, 0) is 59.6 Å². The molecule has 2 aliphatic rings. The fourth-order valence-corrected chi connectivity index (χ4v) is 4.13. The molecular weight excluding hydrogens is 358 g/mol. The minimum absolute atomic E-state index is 0.0134. The van der Waals surface area contributed by atoms with Crippen molar-refractivity contribution < 1.29 is 4.79 Å². The van der Waals surface area contributed by atoms with Crippen molar-refractivity contribution >= 4 is 23.5 Å². The van der Waals surface area contributed by atoms with Crippen molar-refractivity contribution in [3.8, 4) is 11.1 Å². The number of aliphatic imine (C=N–C) groups is 1. The van der Waals surface area contributed by atoms with Gasteiger partial charge in [-0.25, -0.2) is 4.99 Å². The molecule has 27 heavy (non-hydrogen) atoms. The molecule has 4 rings (SSSR count). The lowest BCUT2D eigenvalue weighted by molar-refractivity contribution is -0.132. The summed E-state index contributed by atoms with van der Waals surface area (Å²) < 4.78 is 0. The zero-order valence-corrected chi connectivity index (χ0v) is 16.4. The van der Waals surface area contributed by atoms with Crippen molar-refractivity contribution in [2.75, 3.05) is 6.54 Å². The summed E-state index contributed by atoms with van der Waals surface area (Å²) in [6.45, 7) is 4.76. The average Bonchev–Trinajstić information content (AvgIpc) is 3.45. The average molecular weight is 382 g/mol. The van der Waals surface area contributed by atoms with E-state index in [0.29, 0.717) is 23.4 Å². The predicted molar refractivity (Wildman–Crippen MR) is 109 cm³/mol. The van der Waals surface area contributed by atoms with E-state index in [1.54, 1.807) is 4.90 Å². The molecule has 0 radical (unpaired) electrons. The SMILES string of the molecule is CC(C)CN1C(=O)C(c2cccc(-c3cccc(Cl)c3)c2)(C2CC2)N=C1N. The van der Waals surface area contributed by atoms with Crippen LogP contribution in [0.1, 0.15) is 32.3 Å². The molecule has 1 unspecified atom stereocenters. The Morgan fingerprint density at radius 3 is 2.48 bits per heavy atom. The van der Waals surface area contributed by atoms with Crippen molar-refractivity contribution in [2.24, 2.45) is 22.6 Å². The third kappa shape index (κ3) is 3.12. The van der Waals surface area contributed by atoms with E-state index in [2.05, 4.69) is 19.9 Å². The summed E-state index contributed by atoms with van der Waals surface area (Å²) in [7, 11) is 0. The van der Waals surface area contributed by atoms with Crippen LogP contribution in [0.25, 0.3) is 11.1 Å². The standard InChI is InChI=1S/C22H24ClN3O/c1-14(2)13-26-20(27)22(17-9-10-17,25-21(26)24)18-7-3-5-15(11-18)16-6-4-8-19(23)12-16/h3-8,11-12,14,17H,9-10,13H2,1-2H3,(H2,24,25). The van der Waals surface area contributed by atoms with Crippen molar-refractivity contribution in [1.82, 2.24) is 4.90 Å². The Morgan fingerprint density at radius 1 is 1.19 bits per heavy atom. The molecule has 1 aliphatic heterocycles. The molecule has 5 heteroatoms. The van der Waals surface area contributed by atoms with Gasteiger partial charge in [-0.3, -0.25) is 9.69 Å². The van der Waals surface area contributed by atoms with Crippen LogP contribution in [0.4, 0.5) is 0 Å². The summed E-state index contributed by atoms with van der Waals surface area (Å²) in [6.07, 6.45) is 2.00. The maximum atomic E-state index is 13.5. The van der Waals surface area contributed by atoms with Gasteiger partial charge in [0.2, 0.25) is 0 Å². The normalized spacial score (nSPS) is 22.4. The summed E-state index contributed by atoms with van der Waals surface area (Å²) in [4.78, 5) is 19.9. The molecule has 0 bridgehead atoms. The van der Waals surface area contributed by atoms with Crippen LogP contribution in [-0.4, -0.2) is 23.3 Å². The van der Waals surface area contributed by atoms with Gasteiger partial charge < -0.3 is 5.73 Å². The van der Waals surface area contributed by atoms with Gasteiger partial charge in [0.1, 0.15) is 0 Å². The van der Waals surface area contributed by atoms with Gasteiger partial charge in [-0.15, -0.1) is 0 Å². The number of guanidine groups is 1. The van der Waals surface area contributed by atoms with Crippen molar-refractivity contribution in [3.05, 3.63) is 59.1 Å². The number of carbonyl (C=O) groups is 1. The summed E-state index contributed by atoms with van der Waals surface area (Å²) in [6, 6.07) is 15.8. The number of hydrogen-bond donors (Lipinski definition) is 1. The molecule has 0 saturated heterocycles. The Labute approximate surface area is 165 Å². The molecule has 1 aliphatic carbocycles. The highest BCUT2D eigenvalue weighted by atomic mass is 35.5. The van der Waals surface area contributed by atoms with Crippen LogP contribution < -0.4 is 5.73 Å². The molecule has 0 aromatic heterocycles. The van der Waals surface area contributed by atoms with Gasteiger partial charge in [0.25, 0.3) is 5.91 Å². The lowest BCUT2D eigenvalue weighted by Gasteiger charge is -2.27. The number of carbonyl (C=O) groups excluding carboxylic acids is 1. The summed E-state index contributed by atoms with van der Waals surface area (Å²) in [5.74, 6) is 0.902. The van der Waals surface area contributed by atoms with Crippen LogP contribution in [0.5, 0.6) is 0 Å². The van der Waals surface area contributed by atoms with E-state index in [1.807, 2.05) is 42.5 Å². The maximum Gasteiger partial charge on any atom is 0.262 e. The Morgan fingerprint density at radius 2 is 1.85 bits per heavy atom. The number of nitrogens with zero attached hydrogens (tertiary/aromatic N) is 2. The van der Waals surface area contributed by atoms with E-state index in [1.165, 1.54) is 0 Å². The van der Waals surface area contributed by atoms with Crippen LogP contribution in [0.3, 0.4) is 0 Å². The molecule has 0 spiro atoms. The van der Waals surface area contributed by atoms with Gasteiger partial charge in [0.05, 0.1) is 0 Å². The molecule has 1 saturated carbocycles. The fraction of sp³-hybridized carbons (Fsp3) is 0.364. The number of benzene rings is 2. The first-order valence-corrected chi connectivity index (χ1v) is 9.83.